The third-order valence-electron chi connectivity index (χ3n) is 2.77. The molecule has 0 aromatic heterocycles. The lowest BCUT2D eigenvalue weighted by atomic mass is 9.87. The molecule has 0 aliphatic heterocycles. The Bertz CT molecular complexity index is 98.9. The van der Waals surface area contributed by atoms with E-state index in [-0.39, 0.29) is 0 Å². The third-order valence-corrected chi connectivity index (χ3v) is 3.90. The van der Waals surface area contributed by atoms with Crippen molar-refractivity contribution in [1.29, 1.82) is 0 Å². The van der Waals surface area contributed by atoms with Crippen LogP contribution in [0.25, 0.3) is 0 Å². The van der Waals surface area contributed by atoms with Crippen LogP contribution in [0.2, 0.25) is 0 Å². The Morgan fingerprint density at radius 3 is 2.50 bits per heavy atom. The molecule has 0 unspecified atom stereocenters. The van der Waals surface area contributed by atoms with Gasteiger partial charge in [-0.05, 0) is 30.6 Å². The van der Waals surface area contributed by atoms with Gasteiger partial charge in [-0.2, -0.15) is 0 Å². The summed E-state index contributed by atoms with van der Waals surface area (Å²) in [6.07, 6.45) is 4.47. The van der Waals surface area contributed by atoms with Crippen molar-refractivity contribution in [3.8, 4) is 0 Å². The number of halogens is 1. The molecule has 0 spiro atoms. The summed E-state index contributed by atoms with van der Waals surface area (Å²) in [6, 6.07) is 0. The quantitative estimate of drug-likeness (QED) is 0.521. The van der Waals surface area contributed by atoms with Gasteiger partial charge in [0.15, 0.2) is 0 Å². The molecule has 10 heavy (non-hydrogen) atoms. The molecule has 1 aliphatic rings. The van der Waals surface area contributed by atoms with Gasteiger partial charge in [0, 0.05) is 4.43 Å². The topological polar surface area (TPSA) is 0 Å². The fraction of sp³-hybridized carbons (Fsp3) is 1.00. The first-order valence-corrected chi connectivity index (χ1v) is 5.84. The lowest BCUT2D eigenvalue weighted by molar-refractivity contribution is 0.321. The van der Waals surface area contributed by atoms with E-state index in [1.807, 2.05) is 0 Å². The van der Waals surface area contributed by atoms with Crippen LogP contribution in [0.5, 0.6) is 0 Å². The second kappa shape index (κ2) is 3.93. The molecule has 0 nitrogen and oxygen atoms in total. The van der Waals surface area contributed by atoms with E-state index in [2.05, 4.69) is 36.4 Å². The molecule has 1 fully saturated rings. The van der Waals surface area contributed by atoms with Crippen molar-refractivity contribution < 1.29 is 0 Å². The van der Waals surface area contributed by atoms with Gasteiger partial charge in [0.2, 0.25) is 0 Å². The number of hydrogen-bond acceptors (Lipinski definition) is 0. The van der Waals surface area contributed by atoms with Gasteiger partial charge in [-0.15, -0.1) is 0 Å². The van der Waals surface area contributed by atoms with Crippen LogP contribution in [-0.4, -0.2) is 4.43 Å². The summed E-state index contributed by atoms with van der Waals surface area (Å²) in [5, 5.41) is 0. The molecule has 2 atom stereocenters. The molecule has 0 amide bonds. The van der Waals surface area contributed by atoms with Crippen LogP contribution in [0.15, 0.2) is 0 Å². The lowest BCUT2D eigenvalue weighted by Crippen LogP contribution is -2.14. The Kier molecular flexibility index (Phi) is 3.47. The molecule has 0 bridgehead atoms. The van der Waals surface area contributed by atoms with Crippen molar-refractivity contribution in [1.82, 2.24) is 0 Å². The van der Waals surface area contributed by atoms with Crippen molar-refractivity contribution in [2.75, 3.05) is 4.43 Å². The van der Waals surface area contributed by atoms with Crippen LogP contribution < -0.4 is 0 Å². The van der Waals surface area contributed by atoms with Crippen molar-refractivity contribution >= 4 is 22.6 Å². The molecule has 1 rings (SSSR count). The van der Waals surface area contributed by atoms with Crippen LogP contribution in [-0.2, 0) is 0 Å². The molecular weight excluding hydrogens is 235 g/mol. The Labute approximate surface area is 77.9 Å². The molecule has 1 saturated carbocycles. The van der Waals surface area contributed by atoms with Gasteiger partial charge in [-0.25, -0.2) is 0 Å². The van der Waals surface area contributed by atoms with E-state index < -0.39 is 0 Å². The van der Waals surface area contributed by atoms with Crippen molar-refractivity contribution in [2.24, 2.45) is 17.8 Å². The highest BCUT2D eigenvalue weighted by atomic mass is 127. The van der Waals surface area contributed by atoms with Gasteiger partial charge in [0.05, 0.1) is 0 Å². The zero-order valence-corrected chi connectivity index (χ0v) is 9.10. The molecule has 0 aromatic rings. The molecule has 1 aliphatic carbocycles. The maximum absolute atomic E-state index is 2.54. The zero-order valence-electron chi connectivity index (χ0n) is 6.94. The average Bonchev–Trinajstić information content (AvgIpc) is 2.33. The summed E-state index contributed by atoms with van der Waals surface area (Å²) in [5.41, 5.74) is 0. The molecule has 60 valence electrons. The van der Waals surface area contributed by atoms with Gasteiger partial charge in [0.1, 0.15) is 0 Å². The summed E-state index contributed by atoms with van der Waals surface area (Å²) in [5.74, 6) is 3.00. The van der Waals surface area contributed by atoms with Crippen LogP contribution >= 0.6 is 22.6 Å². The van der Waals surface area contributed by atoms with E-state index >= 15 is 0 Å². The Morgan fingerprint density at radius 2 is 2.10 bits per heavy atom. The largest absolute Gasteiger partial charge is 0.0861 e. The SMILES string of the molecule is CC(C)[C@H]1CCC[C@H]1CI. The fourth-order valence-electron chi connectivity index (χ4n) is 2.13. The van der Waals surface area contributed by atoms with Gasteiger partial charge < -0.3 is 0 Å². The van der Waals surface area contributed by atoms with Crippen LogP contribution in [0.3, 0.4) is 0 Å². The van der Waals surface area contributed by atoms with Gasteiger partial charge >= 0.3 is 0 Å². The molecule has 0 N–H and O–H groups in total. The smallest absolute Gasteiger partial charge is 0.00264 e. The third kappa shape index (κ3) is 1.86. The summed E-state index contributed by atoms with van der Waals surface area (Å²) in [4.78, 5) is 0. The first-order chi connectivity index (χ1) is 4.75. The van der Waals surface area contributed by atoms with E-state index in [0.717, 1.165) is 17.8 Å². The maximum Gasteiger partial charge on any atom is 0.00264 e. The average molecular weight is 252 g/mol. The number of rotatable bonds is 2. The molecule has 0 heterocycles. The second-order valence-corrected chi connectivity index (χ2v) is 4.63. The minimum atomic E-state index is 0.919. The lowest BCUT2D eigenvalue weighted by Gasteiger charge is -2.20. The van der Waals surface area contributed by atoms with E-state index in [1.165, 1.54) is 23.7 Å². The minimum absolute atomic E-state index is 0.919. The van der Waals surface area contributed by atoms with Crippen molar-refractivity contribution in [3.05, 3.63) is 0 Å². The van der Waals surface area contributed by atoms with Crippen LogP contribution in [0.1, 0.15) is 33.1 Å². The Hall–Kier alpha value is 0.730. The normalized spacial score (nSPS) is 33.6. The van der Waals surface area contributed by atoms with Crippen LogP contribution in [0, 0.1) is 17.8 Å². The second-order valence-electron chi connectivity index (χ2n) is 3.75. The Balaban J connectivity index is 2.42. The molecule has 0 aromatic carbocycles. The van der Waals surface area contributed by atoms with Crippen molar-refractivity contribution in [2.45, 2.75) is 33.1 Å². The van der Waals surface area contributed by atoms with E-state index in [1.54, 1.807) is 0 Å². The molecule has 0 saturated heterocycles. The highest BCUT2D eigenvalue weighted by molar-refractivity contribution is 14.1. The van der Waals surface area contributed by atoms with Crippen molar-refractivity contribution in [3.63, 3.8) is 0 Å². The van der Waals surface area contributed by atoms with Gasteiger partial charge in [0.25, 0.3) is 0 Å². The summed E-state index contributed by atoms with van der Waals surface area (Å²) >= 11 is 2.54. The summed E-state index contributed by atoms with van der Waals surface area (Å²) in [6.45, 7) is 4.74. The van der Waals surface area contributed by atoms with E-state index in [0.29, 0.717) is 0 Å². The van der Waals surface area contributed by atoms with E-state index in [4.69, 9.17) is 0 Å². The molecular formula is C9H17I. The summed E-state index contributed by atoms with van der Waals surface area (Å²) < 4.78 is 1.38. The first kappa shape index (κ1) is 8.82. The summed E-state index contributed by atoms with van der Waals surface area (Å²) in [7, 11) is 0. The predicted molar refractivity (Wildman–Crippen MR) is 54.6 cm³/mol. The zero-order chi connectivity index (χ0) is 7.56. The predicted octanol–water partition coefficient (Wildman–Crippen LogP) is 3.49. The van der Waals surface area contributed by atoms with Gasteiger partial charge in [-0.3, -0.25) is 0 Å². The van der Waals surface area contributed by atoms with Crippen LogP contribution in [0.4, 0.5) is 0 Å². The molecule has 1 heteroatoms. The maximum atomic E-state index is 2.54. The monoisotopic (exact) mass is 252 g/mol. The van der Waals surface area contributed by atoms with Gasteiger partial charge in [-0.1, -0.05) is 42.9 Å². The van der Waals surface area contributed by atoms with E-state index in [9.17, 15) is 0 Å². The highest BCUT2D eigenvalue weighted by Gasteiger charge is 2.28. The highest BCUT2D eigenvalue weighted by Crippen LogP contribution is 2.37. The minimum Gasteiger partial charge on any atom is -0.0861 e. The number of hydrogen-bond donors (Lipinski definition) is 0. The number of alkyl halides is 1. The standard InChI is InChI=1S/C9H17I/c1-7(2)9-5-3-4-8(9)6-10/h7-9H,3-6H2,1-2H3/t8-,9+/m0/s1. The first-order valence-electron chi connectivity index (χ1n) is 4.31. The fourth-order valence-corrected chi connectivity index (χ4v) is 3.23. The molecule has 0 radical (unpaired) electrons. The Morgan fingerprint density at radius 1 is 1.40 bits per heavy atom.